The minimum atomic E-state index is -0.398. The summed E-state index contributed by atoms with van der Waals surface area (Å²) in [6.45, 7) is 0. The number of anilines is 2. The minimum absolute atomic E-state index is 0.00188. The molecule has 0 unspecified atom stereocenters. The quantitative estimate of drug-likeness (QED) is 0.397. The van der Waals surface area contributed by atoms with Crippen LogP contribution in [-0.2, 0) is 16.0 Å². The van der Waals surface area contributed by atoms with Crippen molar-refractivity contribution in [3.63, 3.8) is 0 Å². The number of aryl methyl sites for hydroxylation is 1. The Bertz CT molecular complexity index is 1370. The van der Waals surface area contributed by atoms with E-state index in [4.69, 9.17) is 0 Å². The summed E-state index contributed by atoms with van der Waals surface area (Å²) < 4.78 is 16.3. The average Bonchev–Trinajstić information content (AvgIpc) is 3.27. The molecule has 0 atom stereocenters. The Morgan fingerprint density at radius 2 is 1.82 bits per heavy atom. The first-order chi connectivity index (χ1) is 16.6. The molecule has 0 spiro atoms. The van der Waals surface area contributed by atoms with Crippen molar-refractivity contribution in [3.8, 4) is 17.1 Å². The number of carbonyl (C=O) groups excluding carboxylic acids is 2. The number of aromatic nitrogens is 3. The van der Waals surface area contributed by atoms with Crippen LogP contribution in [0.3, 0.4) is 0 Å². The van der Waals surface area contributed by atoms with Gasteiger partial charge in [-0.15, -0.1) is 10.2 Å². The van der Waals surface area contributed by atoms with E-state index in [-0.39, 0.29) is 17.6 Å². The first-order valence-corrected chi connectivity index (χ1v) is 11.7. The van der Waals surface area contributed by atoms with Gasteiger partial charge in [-0.2, -0.15) is 0 Å². The highest BCUT2D eigenvalue weighted by Gasteiger charge is 2.20. The lowest BCUT2D eigenvalue weighted by Gasteiger charge is -2.17. The number of rotatable bonds is 6. The monoisotopic (exact) mass is 473 g/mol. The lowest BCUT2D eigenvalue weighted by molar-refractivity contribution is -0.116. The Balaban J connectivity index is 1.35. The van der Waals surface area contributed by atoms with E-state index in [1.54, 1.807) is 34.9 Å². The van der Waals surface area contributed by atoms with E-state index in [1.165, 1.54) is 17.8 Å². The fourth-order valence-corrected chi connectivity index (χ4v) is 4.53. The Morgan fingerprint density at radius 3 is 2.65 bits per heavy atom. The number of halogens is 1. The third-order valence-corrected chi connectivity index (χ3v) is 6.31. The van der Waals surface area contributed by atoms with E-state index < -0.39 is 5.82 Å². The zero-order valence-electron chi connectivity index (χ0n) is 18.0. The molecule has 0 radical (unpaired) electrons. The number of thioether (sulfide) groups is 1. The van der Waals surface area contributed by atoms with E-state index in [9.17, 15) is 14.0 Å². The highest BCUT2D eigenvalue weighted by atomic mass is 32.2. The number of carbonyl (C=O) groups is 2. The van der Waals surface area contributed by atoms with Gasteiger partial charge in [-0.25, -0.2) is 4.39 Å². The first-order valence-electron chi connectivity index (χ1n) is 10.7. The van der Waals surface area contributed by atoms with Crippen molar-refractivity contribution in [2.45, 2.75) is 18.0 Å². The van der Waals surface area contributed by atoms with E-state index >= 15 is 0 Å². The van der Waals surface area contributed by atoms with Crippen LogP contribution in [0.2, 0.25) is 0 Å². The summed E-state index contributed by atoms with van der Waals surface area (Å²) in [4.78, 5) is 24.2. The third-order valence-electron chi connectivity index (χ3n) is 5.38. The van der Waals surface area contributed by atoms with Crippen LogP contribution in [0.1, 0.15) is 12.0 Å². The third kappa shape index (κ3) is 4.55. The molecule has 9 heteroatoms. The van der Waals surface area contributed by atoms with E-state index in [1.807, 2.05) is 36.4 Å². The normalized spacial score (nSPS) is 12.7. The predicted molar refractivity (Wildman–Crippen MR) is 129 cm³/mol. The number of fused-ring (bicyclic) bond motifs is 1. The molecule has 1 aliphatic rings. The number of nitrogens with one attached hydrogen (secondary N) is 2. The van der Waals surface area contributed by atoms with Gasteiger partial charge in [0.2, 0.25) is 11.8 Å². The summed E-state index contributed by atoms with van der Waals surface area (Å²) in [5.41, 5.74) is 3.53. The zero-order valence-corrected chi connectivity index (χ0v) is 18.8. The minimum Gasteiger partial charge on any atom is -0.326 e. The summed E-state index contributed by atoms with van der Waals surface area (Å²) in [5.74, 6) is -0.150. The second kappa shape index (κ2) is 9.48. The first kappa shape index (κ1) is 21.8. The van der Waals surface area contributed by atoms with Crippen molar-refractivity contribution in [1.82, 2.24) is 14.8 Å². The van der Waals surface area contributed by atoms with Crippen molar-refractivity contribution in [1.29, 1.82) is 0 Å². The van der Waals surface area contributed by atoms with Gasteiger partial charge in [0, 0.05) is 23.5 Å². The smallest absolute Gasteiger partial charge is 0.234 e. The van der Waals surface area contributed by atoms with Crippen LogP contribution < -0.4 is 10.6 Å². The van der Waals surface area contributed by atoms with Gasteiger partial charge in [0.05, 0.1) is 11.3 Å². The van der Waals surface area contributed by atoms with Crippen LogP contribution in [0.5, 0.6) is 0 Å². The molecule has 7 nitrogen and oxygen atoms in total. The molecule has 34 heavy (non-hydrogen) atoms. The second-order valence-electron chi connectivity index (χ2n) is 7.71. The van der Waals surface area contributed by atoms with Crippen LogP contribution in [0.15, 0.2) is 78.0 Å². The van der Waals surface area contributed by atoms with E-state index in [0.717, 1.165) is 16.9 Å². The molecule has 3 aromatic carbocycles. The molecule has 1 aromatic heterocycles. The van der Waals surface area contributed by atoms with Gasteiger partial charge in [-0.05, 0) is 54.4 Å². The number of para-hydroxylation sites is 1. The van der Waals surface area contributed by atoms with Crippen LogP contribution in [0.4, 0.5) is 15.8 Å². The van der Waals surface area contributed by atoms with Gasteiger partial charge in [0.25, 0.3) is 0 Å². The maximum atomic E-state index is 14.5. The van der Waals surface area contributed by atoms with Crippen molar-refractivity contribution in [2.75, 3.05) is 16.4 Å². The highest BCUT2D eigenvalue weighted by molar-refractivity contribution is 7.99. The van der Waals surface area contributed by atoms with Crippen LogP contribution >= 0.6 is 11.8 Å². The molecule has 2 heterocycles. The summed E-state index contributed by atoms with van der Waals surface area (Å²) in [6, 6.07) is 21.2. The van der Waals surface area contributed by atoms with Gasteiger partial charge in [0.15, 0.2) is 11.0 Å². The summed E-state index contributed by atoms with van der Waals surface area (Å²) in [6.07, 6.45) is 1.07. The molecule has 5 rings (SSSR count). The SMILES string of the molecule is O=C(CSc1nnc(-c2ccccc2F)n1-c1ccccc1)Nc1ccc2c(c1)CCC(=O)N2. The van der Waals surface area contributed by atoms with Crippen molar-refractivity contribution >= 4 is 35.0 Å². The lowest BCUT2D eigenvalue weighted by atomic mass is 10.0. The van der Waals surface area contributed by atoms with Crippen molar-refractivity contribution < 1.29 is 14.0 Å². The highest BCUT2D eigenvalue weighted by Crippen LogP contribution is 2.30. The predicted octanol–water partition coefficient (Wildman–Crippen LogP) is 4.69. The second-order valence-corrected chi connectivity index (χ2v) is 8.66. The topological polar surface area (TPSA) is 88.9 Å². The van der Waals surface area contributed by atoms with Crippen LogP contribution in [0, 0.1) is 5.82 Å². The summed E-state index contributed by atoms with van der Waals surface area (Å²) in [5, 5.41) is 14.7. The Hall–Kier alpha value is -3.98. The van der Waals surface area contributed by atoms with E-state index in [0.29, 0.717) is 35.1 Å². The molecule has 4 aromatic rings. The molecule has 0 saturated heterocycles. The molecule has 2 amide bonds. The van der Waals surface area contributed by atoms with Gasteiger partial charge < -0.3 is 10.6 Å². The number of hydrogen-bond acceptors (Lipinski definition) is 5. The molecule has 0 fully saturated rings. The van der Waals surface area contributed by atoms with E-state index in [2.05, 4.69) is 20.8 Å². The lowest BCUT2D eigenvalue weighted by Crippen LogP contribution is -2.20. The van der Waals surface area contributed by atoms with Gasteiger partial charge >= 0.3 is 0 Å². The van der Waals surface area contributed by atoms with Crippen LogP contribution in [-0.4, -0.2) is 32.3 Å². The Kier molecular flexibility index (Phi) is 6.09. The number of hydrogen-bond donors (Lipinski definition) is 2. The number of benzene rings is 3. The number of nitrogens with zero attached hydrogens (tertiary/aromatic N) is 3. The molecule has 1 aliphatic heterocycles. The molecule has 0 saturated carbocycles. The maximum absolute atomic E-state index is 14.5. The fourth-order valence-electron chi connectivity index (χ4n) is 3.78. The zero-order chi connectivity index (χ0) is 23.5. The Morgan fingerprint density at radius 1 is 1.03 bits per heavy atom. The molecule has 170 valence electrons. The maximum Gasteiger partial charge on any atom is 0.234 e. The Labute approximate surface area is 199 Å². The average molecular weight is 474 g/mol. The molecular formula is C25H20FN5O2S. The van der Waals surface area contributed by atoms with Gasteiger partial charge in [-0.3, -0.25) is 14.2 Å². The molecular weight excluding hydrogens is 453 g/mol. The summed E-state index contributed by atoms with van der Waals surface area (Å²) in [7, 11) is 0. The molecule has 0 bridgehead atoms. The molecule has 0 aliphatic carbocycles. The summed E-state index contributed by atoms with van der Waals surface area (Å²) >= 11 is 1.22. The van der Waals surface area contributed by atoms with Gasteiger partial charge in [0.1, 0.15) is 5.82 Å². The molecule has 2 N–H and O–H groups in total. The standard InChI is InChI=1S/C25H20FN5O2S/c26-20-9-5-4-8-19(20)24-29-30-25(31(24)18-6-2-1-3-7-18)34-15-23(33)27-17-11-12-21-16(14-17)10-13-22(32)28-21/h1-9,11-12,14H,10,13,15H2,(H,27,33)(H,28,32). The van der Waals surface area contributed by atoms with Crippen molar-refractivity contribution in [2.24, 2.45) is 0 Å². The number of amides is 2. The largest absolute Gasteiger partial charge is 0.326 e. The van der Waals surface area contributed by atoms with Gasteiger partial charge in [-0.1, -0.05) is 42.1 Å². The van der Waals surface area contributed by atoms with Crippen LogP contribution in [0.25, 0.3) is 17.1 Å². The van der Waals surface area contributed by atoms with Crippen molar-refractivity contribution in [3.05, 3.63) is 84.2 Å². The fraction of sp³-hybridized carbons (Fsp3) is 0.120.